The number of hydrogen-bond acceptors (Lipinski definition) is 4. The van der Waals surface area contributed by atoms with Crippen LogP contribution in [0.25, 0.3) is 0 Å². The van der Waals surface area contributed by atoms with Gasteiger partial charge in [-0.1, -0.05) is 5.16 Å². The highest BCUT2D eigenvalue weighted by atomic mass is 16.5. The molecule has 0 aromatic carbocycles. The summed E-state index contributed by atoms with van der Waals surface area (Å²) < 4.78 is 10.5. The first-order valence-electron chi connectivity index (χ1n) is 6.18. The number of rotatable bonds is 3. The van der Waals surface area contributed by atoms with Crippen molar-refractivity contribution in [2.45, 2.75) is 37.6 Å². The zero-order chi connectivity index (χ0) is 11.7. The lowest BCUT2D eigenvalue weighted by atomic mass is 10.1. The van der Waals surface area contributed by atoms with Crippen LogP contribution in [0.4, 0.5) is 0 Å². The molecule has 5 nitrogen and oxygen atoms in total. The van der Waals surface area contributed by atoms with E-state index in [1.807, 2.05) is 0 Å². The SMILES string of the molecule is O=C(NC1CCCOC1)c1cc(C2CC2)on1. The van der Waals surface area contributed by atoms with Crippen LogP contribution in [-0.2, 0) is 4.74 Å². The highest BCUT2D eigenvalue weighted by molar-refractivity contribution is 5.92. The molecule has 0 radical (unpaired) electrons. The minimum Gasteiger partial charge on any atom is -0.379 e. The maximum Gasteiger partial charge on any atom is 0.273 e. The molecule has 1 aromatic heterocycles. The fourth-order valence-corrected chi connectivity index (χ4v) is 2.07. The lowest BCUT2D eigenvalue weighted by Crippen LogP contribution is -2.40. The van der Waals surface area contributed by atoms with E-state index in [9.17, 15) is 4.79 Å². The van der Waals surface area contributed by atoms with Crippen molar-refractivity contribution in [1.82, 2.24) is 10.5 Å². The van der Waals surface area contributed by atoms with E-state index in [1.165, 1.54) is 0 Å². The number of ether oxygens (including phenoxy) is 1. The van der Waals surface area contributed by atoms with Crippen molar-refractivity contribution in [3.05, 3.63) is 17.5 Å². The zero-order valence-electron chi connectivity index (χ0n) is 9.65. The van der Waals surface area contributed by atoms with E-state index in [4.69, 9.17) is 9.26 Å². The van der Waals surface area contributed by atoms with Gasteiger partial charge >= 0.3 is 0 Å². The molecular formula is C12H16N2O3. The largest absolute Gasteiger partial charge is 0.379 e. The van der Waals surface area contributed by atoms with E-state index in [0.29, 0.717) is 18.2 Å². The van der Waals surface area contributed by atoms with Gasteiger partial charge in [0.05, 0.1) is 12.6 Å². The third-order valence-electron chi connectivity index (χ3n) is 3.24. The van der Waals surface area contributed by atoms with Crippen molar-refractivity contribution in [2.24, 2.45) is 0 Å². The number of amides is 1. The summed E-state index contributed by atoms with van der Waals surface area (Å²) in [7, 11) is 0. The predicted octanol–water partition coefficient (Wildman–Crippen LogP) is 1.46. The van der Waals surface area contributed by atoms with E-state index in [0.717, 1.165) is 38.1 Å². The van der Waals surface area contributed by atoms with Gasteiger partial charge < -0.3 is 14.6 Å². The minimum absolute atomic E-state index is 0.109. The van der Waals surface area contributed by atoms with E-state index in [1.54, 1.807) is 6.07 Å². The molecule has 1 saturated carbocycles. The number of nitrogens with one attached hydrogen (secondary N) is 1. The van der Waals surface area contributed by atoms with E-state index >= 15 is 0 Å². The quantitative estimate of drug-likeness (QED) is 0.863. The predicted molar refractivity (Wildman–Crippen MR) is 59.8 cm³/mol. The molecule has 1 N–H and O–H groups in total. The van der Waals surface area contributed by atoms with Crippen molar-refractivity contribution in [3.8, 4) is 0 Å². The Kier molecular flexibility index (Phi) is 2.84. The third-order valence-corrected chi connectivity index (χ3v) is 3.24. The van der Waals surface area contributed by atoms with Crippen LogP contribution in [0.3, 0.4) is 0 Å². The molecule has 92 valence electrons. The summed E-state index contributed by atoms with van der Waals surface area (Å²) in [5.41, 5.74) is 0.387. The van der Waals surface area contributed by atoms with Gasteiger partial charge in [-0.05, 0) is 25.7 Å². The summed E-state index contributed by atoms with van der Waals surface area (Å²) in [6.45, 7) is 1.39. The summed E-state index contributed by atoms with van der Waals surface area (Å²) >= 11 is 0. The lowest BCUT2D eigenvalue weighted by molar-refractivity contribution is 0.0620. The van der Waals surface area contributed by atoms with Gasteiger partial charge in [0.1, 0.15) is 5.76 Å². The first kappa shape index (κ1) is 10.8. The molecule has 0 spiro atoms. The Morgan fingerprint density at radius 2 is 2.29 bits per heavy atom. The van der Waals surface area contributed by atoms with Gasteiger partial charge in [0.25, 0.3) is 5.91 Å². The number of aromatic nitrogens is 1. The van der Waals surface area contributed by atoms with Crippen LogP contribution in [0.15, 0.2) is 10.6 Å². The molecule has 1 aliphatic carbocycles. The zero-order valence-corrected chi connectivity index (χ0v) is 9.65. The van der Waals surface area contributed by atoms with Crippen molar-refractivity contribution in [3.63, 3.8) is 0 Å². The molecular weight excluding hydrogens is 220 g/mol. The summed E-state index contributed by atoms with van der Waals surface area (Å²) in [4.78, 5) is 11.9. The van der Waals surface area contributed by atoms with Crippen LogP contribution in [0.5, 0.6) is 0 Å². The average Bonchev–Trinajstić information content (AvgIpc) is 3.08. The second-order valence-electron chi connectivity index (χ2n) is 4.78. The second kappa shape index (κ2) is 4.49. The average molecular weight is 236 g/mol. The number of hydrogen-bond donors (Lipinski definition) is 1. The monoisotopic (exact) mass is 236 g/mol. The van der Waals surface area contributed by atoms with Crippen LogP contribution in [-0.4, -0.2) is 30.3 Å². The molecule has 1 atom stereocenters. The van der Waals surface area contributed by atoms with Gasteiger partial charge in [0, 0.05) is 18.6 Å². The van der Waals surface area contributed by atoms with Gasteiger partial charge in [0.2, 0.25) is 0 Å². The standard InChI is InChI=1S/C12H16N2O3/c15-12(13-9-2-1-5-16-7-9)10-6-11(17-14-10)8-3-4-8/h6,8-9H,1-5,7H2,(H,13,15). The molecule has 1 amide bonds. The Labute approximate surface area is 99.5 Å². The molecule has 3 rings (SSSR count). The van der Waals surface area contributed by atoms with Crippen molar-refractivity contribution in [2.75, 3.05) is 13.2 Å². The fourth-order valence-electron chi connectivity index (χ4n) is 2.07. The maximum atomic E-state index is 11.9. The third kappa shape index (κ3) is 2.49. The molecule has 2 fully saturated rings. The molecule has 1 saturated heterocycles. The Hall–Kier alpha value is -1.36. The Balaban J connectivity index is 1.59. The van der Waals surface area contributed by atoms with Gasteiger partial charge in [-0.25, -0.2) is 0 Å². The lowest BCUT2D eigenvalue weighted by Gasteiger charge is -2.22. The van der Waals surface area contributed by atoms with Crippen molar-refractivity contribution >= 4 is 5.91 Å². The van der Waals surface area contributed by atoms with Crippen LogP contribution < -0.4 is 5.32 Å². The molecule has 1 aromatic rings. The van der Waals surface area contributed by atoms with Gasteiger partial charge in [0.15, 0.2) is 5.69 Å². The summed E-state index contributed by atoms with van der Waals surface area (Å²) in [6, 6.07) is 1.87. The first-order valence-corrected chi connectivity index (χ1v) is 6.18. The van der Waals surface area contributed by atoms with Crippen LogP contribution in [0.1, 0.15) is 47.8 Å². The highest BCUT2D eigenvalue weighted by Gasteiger charge is 2.29. The van der Waals surface area contributed by atoms with Gasteiger partial charge in [-0.3, -0.25) is 4.79 Å². The Bertz CT molecular complexity index is 406. The normalized spacial score (nSPS) is 24.6. The summed E-state index contributed by atoms with van der Waals surface area (Å²) in [5, 5.41) is 6.74. The number of carbonyl (C=O) groups excluding carboxylic acids is 1. The van der Waals surface area contributed by atoms with Gasteiger partial charge in [-0.2, -0.15) is 0 Å². The Morgan fingerprint density at radius 1 is 1.41 bits per heavy atom. The molecule has 17 heavy (non-hydrogen) atoms. The van der Waals surface area contributed by atoms with E-state index < -0.39 is 0 Å². The van der Waals surface area contributed by atoms with Crippen molar-refractivity contribution in [1.29, 1.82) is 0 Å². The maximum absolute atomic E-state index is 11.9. The molecule has 1 aliphatic heterocycles. The molecule has 1 unspecified atom stereocenters. The molecule has 5 heteroatoms. The molecule has 2 aliphatic rings. The van der Waals surface area contributed by atoms with E-state index in [-0.39, 0.29) is 11.9 Å². The Morgan fingerprint density at radius 3 is 3.00 bits per heavy atom. The van der Waals surface area contributed by atoms with E-state index in [2.05, 4.69) is 10.5 Å². The molecule has 0 bridgehead atoms. The first-order chi connectivity index (χ1) is 8.33. The smallest absolute Gasteiger partial charge is 0.273 e. The second-order valence-corrected chi connectivity index (χ2v) is 4.78. The minimum atomic E-state index is -0.156. The summed E-state index contributed by atoms with van der Waals surface area (Å²) in [6.07, 6.45) is 4.26. The topological polar surface area (TPSA) is 64.4 Å². The number of nitrogens with zero attached hydrogens (tertiary/aromatic N) is 1. The fraction of sp³-hybridized carbons (Fsp3) is 0.667. The highest BCUT2D eigenvalue weighted by Crippen LogP contribution is 2.40. The summed E-state index contributed by atoms with van der Waals surface area (Å²) in [5.74, 6) is 1.17. The van der Waals surface area contributed by atoms with Crippen LogP contribution >= 0.6 is 0 Å². The van der Waals surface area contributed by atoms with Gasteiger partial charge in [-0.15, -0.1) is 0 Å². The molecule has 2 heterocycles. The van der Waals surface area contributed by atoms with Crippen LogP contribution in [0.2, 0.25) is 0 Å². The number of carbonyl (C=O) groups is 1. The van der Waals surface area contributed by atoms with Crippen LogP contribution in [0, 0.1) is 0 Å². The van der Waals surface area contributed by atoms with Crippen molar-refractivity contribution < 1.29 is 14.1 Å².